The molecule has 0 N–H and O–H groups in total. The summed E-state index contributed by atoms with van der Waals surface area (Å²) >= 11 is 0. The number of hydrogen-bond donors (Lipinski definition) is 0. The molecule has 0 radical (unpaired) electrons. The van der Waals surface area contributed by atoms with Crippen LogP contribution >= 0.6 is 0 Å². The number of carbonyl (C=O) groups excluding carboxylic acids is 1. The predicted molar refractivity (Wildman–Crippen MR) is 102 cm³/mol. The van der Waals surface area contributed by atoms with Crippen LogP contribution in [-0.4, -0.2) is 47.0 Å². The van der Waals surface area contributed by atoms with E-state index in [-0.39, 0.29) is 5.91 Å². The Morgan fingerprint density at radius 3 is 3.00 bits per heavy atom. The Morgan fingerprint density at radius 1 is 1.23 bits per heavy atom. The first kappa shape index (κ1) is 17.0. The second-order valence-corrected chi connectivity index (χ2v) is 7.38. The Morgan fingerprint density at radius 2 is 2.12 bits per heavy atom. The molecule has 1 amide bonds. The highest BCUT2D eigenvalue weighted by atomic mass is 16.2. The summed E-state index contributed by atoms with van der Waals surface area (Å²) in [4.78, 5) is 26.0. The van der Waals surface area contributed by atoms with Gasteiger partial charge in [0.2, 0.25) is 5.91 Å². The number of aromatic nitrogens is 2. The Kier molecular flexibility index (Phi) is 4.87. The minimum atomic E-state index is 0.264. The SMILES string of the molecule is Cc1cncc([C@@H]2CCCN(C(=O)CCN3CCc4ccccc43)C2)n1. The Hall–Kier alpha value is -2.43. The minimum Gasteiger partial charge on any atom is -0.370 e. The van der Waals surface area contributed by atoms with Gasteiger partial charge < -0.3 is 9.80 Å². The molecule has 1 aromatic heterocycles. The van der Waals surface area contributed by atoms with Gasteiger partial charge in [-0.3, -0.25) is 14.8 Å². The summed E-state index contributed by atoms with van der Waals surface area (Å²) in [5.41, 5.74) is 4.66. The number of aryl methyl sites for hydroxylation is 1. The highest BCUT2D eigenvalue weighted by Crippen LogP contribution is 2.28. The van der Waals surface area contributed by atoms with E-state index in [0.29, 0.717) is 12.3 Å². The van der Waals surface area contributed by atoms with Crippen molar-refractivity contribution in [2.75, 3.05) is 31.1 Å². The molecule has 0 bridgehead atoms. The van der Waals surface area contributed by atoms with Crippen molar-refractivity contribution in [1.29, 1.82) is 0 Å². The van der Waals surface area contributed by atoms with Crippen LogP contribution < -0.4 is 4.90 Å². The van der Waals surface area contributed by atoms with Gasteiger partial charge >= 0.3 is 0 Å². The lowest BCUT2D eigenvalue weighted by Crippen LogP contribution is -2.40. The number of hydrogen-bond acceptors (Lipinski definition) is 4. The van der Waals surface area contributed by atoms with Gasteiger partial charge in [0.25, 0.3) is 0 Å². The van der Waals surface area contributed by atoms with Crippen LogP contribution in [0.25, 0.3) is 0 Å². The lowest BCUT2D eigenvalue weighted by molar-refractivity contribution is -0.132. The standard InChI is InChI=1S/C21H26N4O/c1-16-13-22-14-19(23-16)18-6-4-10-25(15-18)21(26)9-12-24-11-8-17-5-2-3-7-20(17)24/h2-3,5,7,13-14,18H,4,6,8-12,15H2,1H3/t18-/m1/s1. The molecular formula is C21H26N4O. The lowest BCUT2D eigenvalue weighted by atomic mass is 9.94. The highest BCUT2D eigenvalue weighted by molar-refractivity contribution is 5.77. The summed E-state index contributed by atoms with van der Waals surface area (Å²) in [5.74, 6) is 0.576. The Labute approximate surface area is 155 Å². The van der Waals surface area contributed by atoms with E-state index < -0.39 is 0 Å². The quantitative estimate of drug-likeness (QED) is 0.851. The summed E-state index contributed by atoms with van der Waals surface area (Å²) < 4.78 is 0. The molecule has 0 unspecified atom stereocenters. The largest absolute Gasteiger partial charge is 0.370 e. The zero-order valence-electron chi connectivity index (χ0n) is 15.4. The number of piperidine rings is 1. The van der Waals surface area contributed by atoms with Crippen molar-refractivity contribution in [3.05, 3.63) is 53.6 Å². The van der Waals surface area contributed by atoms with Crippen molar-refractivity contribution in [1.82, 2.24) is 14.9 Å². The smallest absolute Gasteiger partial charge is 0.224 e. The van der Waals surface area contributed by atoms with Gasteiger partial charge in [-0.25, -0.2) is 0 Å². The first-order valence-electron chi connectivity index (χ1n) is 9.60. The van der Waals surface area contributed by atoms with E-state index in [9.17, 15) is 4.79 Å². The molecular weight excluding hydrogens is 324 g/mol. The number of rotatable bonds is 4. The molecule has 3 heterocycles. The molecule has 4 rings (SSSR count). The molecule has 2 aromatic rings. The zero-order valence-corrected chi connectivity index (χ0v) is 15.4. The molecule has 2 aliphatic rings. The predicted octanol–water partition coefficient (Wildman–Crippen LogP) is 2.94. The molecule has 136 valence electrons. The molecule has 1 atom stereocenters. The van der Waals surface area contributed by atoms with Crippen LogP contribution in [0.4, 0.5) is 5.69 Å². The molecule has 26 heavy (non-hydrogen) atoms. The van der Waals surface area contributed by atoms with E-state index in [0.717, 1.165) is 56.8 Å². The molecule has 0 saturated carbocycles. The first-order valence-corrected chi connectivity index (χ1v) is 9.60. The number of likely N-dealkylation sites (tertiary alicyclic amines) is 1. The number of fused-ring (bicyclic) bond motifs is 1. The third-order valence-corrected chi connectivity index (χ3v) is 5.54. The van der Waals surface area contributed by atoms with E-state index in [4.69, 9.17) is 0 Å². The van der Waals surface area contributed by atoms with E-state index in [2.05, 4.69) is 39.1 Å². The van der Waals surface area contributed by atoms with E-state index in [1.807, 2.05) is 18.0 Å². The van der Waals surface area contributed by atoms with Crippen molar-refractivity contribution in [2.24, 2.45) is 0 Å². The fourth-order valence-electron chi connectivity index (χ4n) is 4.15. The van der Waals surface area contributed by atoms with Gasteiger partial charge in [0, 0.05) is 56.6 Å². The molecule has 0 spiro atoms. The number of para-hydroxylation sites is 1. The highest BCUT2D eigenvalue weighted by Gasteiger charge is 2.26. The fraction of sp³-hybridized carbons (Fsp3) is 0.476. The zero-order chi connectivity index (χ0) is 17.9. The van der Waals surface area contributed by atoms with Crippen molar-refractivity contribution in [2.45, 2.75) is 38.5 Å². The van der Waals surface area contributed by atoms with Crippen molar-refractivity contribution in [3.63, 3.8) is 0 Å². The average Bonchev–Trinajstić information content (AvgIpc) is 3.09. The third-order valence-electron chi connectivity index (χ3n) is 5.54. The maximum atomic E-state index is 12.8. The molecule has 0 aliphatic carbocycles. The van der Waals surface area contributed by atoms with E-state index in [1.165, 1.54) is 11.3 Å². The summed E-state index contributed by atoms with van der Waals surface area (Å²) in [6, 6.07) is 8.53. The van der Waals surface area contributed by atoms with Crippen molar-refractivity contribution >= 4 is 11.6 Å². The summed E-state index contributed by atoms with van der Waals surface area (Å²) in [7, 11) is 0. The molecule has 5 heteroatoms. The van der Waals surface area contributed by atoms with Crippen LogP contribution in [0.5, 0.6) is 0 Å². The molecule has 1 fully saturated rings. The van der Waals surface area contributed by atoms with Gasteiger partial charge in [0.05, 0.1) is 11.4 Å². The number of anilines is 1. The number of nitrogens with zero attached hydrogens (tertiary/aromatic N) is 4. The summed E-state index contributed by atoms with van der Waals surface area (Å²) in [6.07, 6.45) is 7.43. The minimum absolute atomic E-state index is 0.264. The van der Waals surface area contributed by atoms with Crippen LogP contribution in [0.2, 0.25) is 0 Å². The third kappa shape index (κ3) is 3.57. The van der Waals surface area contributed by atoms with Gasteiger partial charge in [0.1, 0.15) is 0 Å². The second-order valence-electron chi connectivity index (χ2n) is 7.38. The number of benzene rings is 1. The molecule has 1 saturated heterocycles. The second kappa shape index (κ2) is 7.44. The monoisotopic (exact) mass is 350 g/mol. The topological polar surface area (TPSA) is 49.3 Å². The van der Waals surface area contributed by atoms with Crippen LogP contribution in [0, 0.1) is 6.92 Å². The number of carbonyl (C=O) groups is 1. The molecule has 2 aliphatic heterocycles. The maximum absolute atomic E-state index is 12.8. The summed E-state index contributed by atoms with van der Waals surface area (Å²) in [5, 5.41) is 0. The van der Waals surface area contributed by atoms with Gasteiger partial charge in [-0.15, -0.1) is 0 Å². The Balaban J connectivity index is 1.35. The van der Waals surface area contributed by atoms with Gasteiger partial charge in [0.15, 0.2) is 0 Å². The van der Waals surface area contributed by atoms with Crippen LogP contribution in [-0.2, 0) is 11.2 Å². The van der Waals surface area contributed by atoms with Crippen molar-refractivity contribution < 1.29 is 4.79 Å². The van der Waals surface area contributed by atoms with E-state index in [1.54, 1.807) is 6.20 Å². The maximum Gasteiger partial charge on any atom is 0.224 e. The van der Waals surface area contributed by atoms with Crippen LogP contribution in [0.15, 0.2) is 36.7 Å². The van der Waals surface area contributed by atoms with Gasteiger partial charge in [-0.05, 0) is 37.8 Å². The molecule has 5 nitrogen and oxygen atoms in total. The molecule has 1 aromatic carbocycles. The fourth-order valence-corrected chi connectivity index (χ4v) is 4.15. The van der Waals surface area contributed by atoms with Gasteiger partial charge in [-0.2, -0.15) is 0 Å². The normalized spacial score (nSPS) is 19.5. The van der Waals surface area contributed by atoms with Gasteiger partial charge in [-0.1, -0.05) is 18.2 Å². The Bertz CT molecular complexity index is 791. The van der Waals surface area contributed by atoms with Crippen LogP contribution in [0.3, 0.4) is 0 Å². The lowest BCUT2D eigenvalue weighted by Gasteiger charge is -2.33. The van der Waals surface area contributed by atoms with Crippen LogP contribution in [0.1, 0.15) is 42.1 Å². The number of amides is 1. The first-order chi connectivity index (χ1) is 12.7. The summed E-state index contributed by atoms with van der Waals surface area (Å²) in [6.45, 7) is 5.43. The average molecular weight is 350 g/mol. The van der Waals surface area contributed by atoms with E-state index >= 15 is 0 Å². The van der Waals surface area contributed by atoms with Crippen molar-refractivity contribution in [3.8, 4) is 0 Å².